The smallest absolute Gasteiger partial charge is 0.726 e. The van der Waals surface area contributed by atoms with Gasteiger partial charge in [-0.2, -0.15) is 0 Å². The van der Waals surface area contributed by atoms with Gasteiger partial charge in [0.15, 0.2) is 0 Å². The molecule has 0 radical (unpaired) electrons. The second-order valence-corrected chi connectivity index (χ2v) is 14.5. The number of aliphatic hydroxyl groups excluding tert-OH is 3. The number of hydrogen-bond acceptors (Lipinski definition) is 9. The van der Waals surface area contributed by atoms with Crippen molar-refractivity contribution in [2.75, 3.05) is 6.61 Å². The first-order chi connectivity index (χ1) is 16.9. The van der Waals surface area contributed by atoms with Crippen LogP contribution in [0.4, 0.5) is 0 Å². The summed E-state index contributed by atoms with van der Waals surface area (Å²) in [4.78, 5) is 0. The summed E-state index contributed by atoms with van der Waals surface area (Å²) in [5, 5.41) is 54.8. The van der Waals surface area contributed by atoms with Gasteiger partial charge in [-0.25, -0.2) is 8.42 Å². The van der Waals surface area contributed by atoms with Crippen molar-refractivity contribution in [2.45, 2.75) is 109 Å². The summed E-state index contributed by atoms with van der Waals surface area (Å²) in [6.45, 7) is 7.18. The Bertz CT molecular complexity index is 989. The molecular formula is C27H45NaO9S. The second kappa shape index (κ2) is 11.2. The van der Waals surface area contributed by atoms with Gasteiger partial charge in [0.25, 0.3) is 0 Å². The summed E-state index contributed by atoms with van der Waals surface area (Å²) in [6, 6.07) is 0. The third kappa shape index (κ3) is 5.84. The van der Waals surface area contributed by atoms with Crippen molar-refractivity contribution < 1.29 is 72.2 Å². The Morgan fingerprint density at radius 3 is 2.45 bits per heavy atom. The molecule has 4 aliphatic rings. The molecule has 0 aromatic carbocycles. The molecule has 0 saturated heterocycles. The van der Waals surface area contributed by atoms with Crippen molar-refractivity contribution in [3.05, 3.63) is 12.2 Å². The van der Waals surface area contributed by atoms with Crippen molar-refractivity contribution in [2.24, 2.45) is 40.4 Å². The predicted octanol–water partition coefficient (Wildman–Crippen LogP) is -1.12. The van der Waals surface area contributed by atoms with Crippen LogP contribution in [0.2, 0.25) is 0 Å². The van der Waals surface area contributed by atoms with E-state index < -0.39 is 51.9 Å². The van der Waals surface area contributed by atoms with E-state index in [2.05, 4.69) is 25.0 Å². The van der Waals surface area contributed by atoms with Gasteiger partial charge in [-0.1, -0.05) is 32.9 Å². The molecule has 12 atom stereocenters. The Morgan fingerprint density at radius 2 is 1.82 bits per heavy atom. The molecule has 0 amide bonds. The average molecular weight is 569 g/mol. The number of rotatable bonds is 7. The molecule has 0 aromatic heterocycles. The third-order valence-corrected chi connectivity index (χ3v) is 11.4. The Kier molecular flexibility index (Phi) is 9.74. The fourth-order valence-corrected chi connectivity index (χ4v) is 9.52. The number of fused-ring (bicyclic) bond motifs is 5. The first-order valence-corrected chi connectivity index (χ1v) is 15.0. The molecule has 3 unspecified atom stereocenters. The molecule has 4 rings (SSSR count). The van der Waals surface area contributed by atoms with Crippen LogP contribution in [0.25, 0.3) is 0 Å². The summed E-state index contributed by atoms with van der Waals surface area (Å²) in [5.74, 6) is 0.489. The van der Waals surface area contributed by atoms with Gasteiger partial charge < -0.3 is 30.1 Å². The summed E-state index contributed by atoms with van der Waals surface area (Å²) < 4.78 is 36.4. The molecule has 0 spiro atoms. The predicted molar refractivity (Wildman–Crippen MR) is 135 cm³/mol. The topological polar surface area (TPSA) is 168 Å². The van der Waals surface area contributed by atoms with Crippen LogP contribution in [-0.2, 0) is 14.6 Å². The Labute approximate surface area is 249 Å². The SMILES string of the molecule is C[C@H](/C=C/C[C@](C)(O)COS(=O)(=O)[O-])[C@H]1C[C@H](O)C2C3C[C@@H](O)[C@@]4(O)C[C@@H](O)CC[C@]4(C)C3CC[C@@]21C.[Na+]. The molecule has 0 aromatic rings. The molecule has 4 saturated carbocycles. The molecule has 5 N–H and O–H groups in total. The van der Waals surface area contributed by atoms with Gasteiger partial charge in [-0.15, -0.1) is 0 Å². The van der Waals surface area contributed by atoms with Crippen molar-refractivity contribution in [3.8, 4) is 0 Å². The average Bonchev–Trinajstić information content (AvgIpc) is 3.05. The van der Waals surface area contributed by atoms with Crippen LogP contribution in [0.1, 0.15) is 79.1 Å². The van der Waals surface area contributed by atoms with Gasteiger partial charge in [-0.3, -0.25) is 4.18 Å². The third-order valence-electron chi connectivity index (χ3n) is 11.0. The van der Waals surface area contributed by atoms with E-state index in [-0.39, 0.29) is 77.4 Å². The minimum Gasteiger partial charge on any atom is -0.726 e. The van der Waals surface area contributed by atoms with Crippen molar-refractivity contribution in [1.82, 2.24) is 0 Å². The maximum absolute atomic E-state index is 11.6. The quantitative estimate of drug-likeness (QED) is 0.111. The summed E-state index contributed by atoms with van der Waals surface area (Å²) >= 11 is 0. The first-order valence-electron chi connectivity index (χ1n) is 13.7. The molecule has 11 heteroatoms. The Hall–Kier alpha value is 0.410. The van der Waals surface area contributed by atoms with Gasteiger partial charge in [0, 0.05) is 11.8 Å². The van der Waals surface area contributed by atoms with Crippen molar-refractivity contribution >= 4 is 10.4 Å². The Balaban J connectivity index is 0.00000400. The second-order valence-electron chi connectivity index (χ2n) is 13.4. The van der Waals surface area contributed by atoms with Gasteiger partial charge in [0.05, 0.1) is 36.1 Å². The zero-order valence-electron chi connectivity index (χ0n) is 23.4. The van der Waals surface area contributed by atoms with Crippen LogP contribution >= 0.6 is 0 Å². The van der Waals surface area contributed by atoms with Crippen LogP contribution in [0.5, 0.6) is 0 Å². The molecule has 0 aliphatic heterocycles. The fourth-order valence-electron chi connectivity index (χ4n) is 9.12. The monoisotopic (exact) mass is 568 g/mol. The van der Waals surface area contributed by atoms with E-state index in [9.17, 15) is 38.5 Å². The number of aliphatic hydroxyl groups is 5. The van der Waals surface area contributed by atoms with E-state index in [1.807, 2.05) is 6.08 Å². The molecule has 9 nitrogen and oxygen atoms in total. The van der Waals surface area contributed by atoms with E-state index in [1.54, 1.807) is 6.08 Å². The summed E-state index contributed by atoms with van der Waals surface area (Å²) in [6.07, 6.45) is 6.10. The van der Waals surface area contributed by atoms with Crippen LogP contribution in [-0.4, -0.2) is 74.6 Å². The zero-order chi connectivity index (χ0) is 27.6. The van der Waals surface area contributed by atoms with Crippen LogP contribution in [0, 0.1) is 40.4 Å². The van der Waals surface area contributed by atoms with Crippen LogP contribution in [0.3, 0.4) is 0 Å². The van der Waals surface area contributed by atoms with Crippen LogP contribution in [0.15, 0.2) is 12.2 Å². The Morgan fingerprint density at radius 1 is 1.16 bits per heavy atom. The largest absolute Gasteiger partial charge is 1.00 e. The zero-order valence-corrected chi connectivity index (χ0v) is 26.2. The summed E-state index contributed by atoms with van der Waals surface area (Å²) in [5.41, 5.74) is -3.49. The minimum absolute atomic E-state index is 0. The fraction of sp³-hybridized carbons (Fsp3) is 0.926. The maximum atomic E-state index is 11.6. The molecule has 4 fully saturated rings. The molecule has 0 bridgehead atoms. The molecule has 38 heavy (non-hydrogen) atoms. The molecular weight excluding hydrogens is 523 g/mol. The normalized spacial score (nSPS) is 47.4. The molecule has 214 valence electrons. The minimum atomic E-state index is -4.88. The molecule has 4 aliphatic carbocycles. The van der Waals surface area contributed by atoms with Gasteiger partial charge >= 0.3 is 29.6 Å². The van der Waals surface area contributed by atoms with E-state index in [0.29, 0.717) is 25.7 Å². The van der Waals surface area contributed by atoms with Gasteiger partial charge in [-0.05, 0) is 86.9 Å². The van der Waals surface area contributed by atoms with Crippen LogP contribution < -0.4 is 29.6 Å². The molecule has 0 heterocycles. The van der Waals surface area contributed by atoms with Crippen molar-refractivity contribution in [3.63, 3.8) is 0 Å². The number of allylic oxidation sites excluding steroid dienone is 1. The van der Waals surface area contributed by atoms with E-state index in [1.165, 1.54) is 6.92 Å². The van der Waals surface area contributed by atoms with E-state index >= 15 is 0 Å². The maximum Gasteiger partial charge on any atom is 1.00 e. The summed E-state index contributed by atoms with van der Waals surface area (Å²) in [7, 11) is -4.88. The van der Waals surface area contributed by atoms with Gasteiger partial charge in [0.1, 0.15) is 0 Å². The number of hydrogen-bond donors (Lipinski definition) is 5. The first kappa shape index (κ1) is 32.9. The van der Waals surface area contributed by atoms with E-state index in [4.69, 9.17) is 0 Å². The van der Waals surface area contributed by atoms with Crippen molar-refractivity contribution in [1.29, 1.82) is 0 Å². The standard InChI is InChI=1S/C27H46O9S.Na/c1-16(6-5-9-24(2,31)15-36-37(33,34)35)20-13-21(29)23-18-12-22(30)27(32)14-17(28)7-11-26(27,4)19(18)8-10-25(20,23)3;/h5-6,16-23,28-32H,7-15H2,1-4H3,(H,33,34,35);/q;+1/p-1/b6-5+;/t16-,17+,18?,19?,20-,21+,22-,23?,24+,25-,26-,27+;/m1./s1. The van der Waals surface area contributed by atoms with Gasteiger partial charge in [0.2, 0.25) is 10.4 Å². The van der Waals surface area contributed by atoms with E-state index in [0.717, 1.165) is 12.8 Å².